The zero-order valence-corrected chi connectivity index (χ0v) is 29.9. The molecule has 5 aliphatic rings. The number of ether oxygens (including phenoxy) is 1. The molecule has 1 N–H and O–H groups in total. The number of hydrogen-bond donors (Lipinski definition) is 1. The normalized spacial score (nSPS) is 28.5. The molecule has 1 unspecified atom stereocenters. The van der Waals surface area contributed by atoms with Crippen LogP contribution in [0.4, 0.5) is 10.2 Å². The predicted octanol–water partition coefficient (Wildman–Crippen LogP) is 5.31. The topological polar surface area (TPSA) is 86.7 Å². The molecule has 8 rings (SSSR count). The minimum Gasteiger partial charge on any atom is -0.461 e. The maximum absolute atomic E-state index is 14.5. The van der Waals surface area contributed by atoms with Crippen molar-refractivity contribution >= 4 is 45.2 Å². The second kappa shape index (κ2) is 12.7. The number of benzene rings is 1. The van der Waals surface area contributed by atoms with E-state index in [9.17, 15) is 9.18 Å². The molecule has 9 nitrogen and oxygen atoms in total. The largest absolute Gasteiger partial charge is 0.461 e. The van der Waals surface area contributed by atoms with Gasteiger partial charge in [-0.1, -0.05) is 18.1 Å². The smallest absolute Gasteiger partial charge is 0.319 e. The zero-order valence-electron chi connectivity index (χ0n) is 27.8. The number of nitrogens with zero attached hydrogens (tertiary/aromatic N) is 6. The minimum atomic E-state index is -0.828. The van der Waals surface area contributed by atoms with Crippen molar-refractivity contribution < 1.29 is 13.9 Å². The third-order valence-corrected chi connectivity index (χ3v) is 12.2. The van der Waals surface area contributed by atoms with Crippen molar-refractivity contribution in [2.75, 3.05) is 51.3 Å². The number of aromatic nitrogens is 3. The lowest BCUT2D eigenvalue weighted by atomic mass is 9.95. The highest BCUT2D eigenvalue weighted by Crippen LogP contribution is 2.46. The number of nitrogens with one attached hydrogen (secondary N) is 1. The van der Waals surface area contributed by atoms with Gasteiger partial charge in [0.2, 0.25) is 0 Å². The Morgan fingerprint density at radius 3 is 2.88 bits per heavy atom. The first-order valence-electron chi connectivity index (χ1n) is 17.5. The van der Waals surface area contributed by atoms with Gasteiger partial charge >= 0.3 is 6.01 Å². The molecule has 0 radical (unpaired) electrons. The number of carbonyl (C=O) groups is 1. The summed E-state index contributed by atoms with van der Waals surface area (Å²) in [5.74, 6) is 7.29. The second-order valence-corrected chi connectivity index (χ2v) is 15.8. The Labute approximate surface area is 295 Å². The SMILES string of the molecule is CN(c1nc(OCC23CCCN2C[C@H](F)C3)nc2cc(-c3cccc(I)c3C3CC3)ncc12)[C@@H]1CCN(C(=O)C#C[C@@]2(C)CCCN2)C1. The lowest BCUT2D eigenvalue weighted by Gasteiger charge is -2.31. The van der Waals surface area contributed by atoms with Crippen LogP contribution in [0, 0.1) is 15.4 Å². The van der Waals surface area contributed by atoms with Crippen molar-refractivity contribution in [3.63, 3.8) is 0 Å². The van der Waals surface area contributed by atoms with E-state index in [1.54, 1.807) is 0 Å². The molecule has 0 bridgehead atoms. The van der Waals surface area contributed by atoms with Crippen LogP contribution >= 0.6 is 22.6 Å². The van der Waals surface area contributed by atoms with E-state index in [0.29, 0.717) is 44.6 Å². The van der Waals surface area contributed by atoms with Gasteiger partial charge in [0.25, 0.3) is 5.91 Å². The van der Waals surface area contributed by atoms with E-state index >= 15 is 0 Å². The summed E-state index contributed by atoms with van der Waals surface area (Å²) in [5, 5.41) is 4.25. The quantitative estimate of drug-likeness (QED) is 0.256. The van der Waals surface area contributed by atoms with E-state index in [0.717, 1.165) is 73.2 Å². The van der Waals surface area contributed by atoms with E-state index in [-0.39, 0.29) is 23.0 Å². The van der Waals surface area contributed by atoms with Crippen molar-refractivity contribution in [1.29, 1.82) is 0 Å². The first-order valence-corrected chi connectivity index (χ1v) is 18.6. The number of anilines is 1. The number of hydrogen-bond acceptors (Lipinski definition) is 8. The predicted molar refractivity (Wildman–Crippen MR) is 193 cm³/mol. The number of amides is 1. The Morgan fingerprint density at radius 1 is 1.19 bits per heavy atom. The van der Waals surface area contributed by atoms with Gasteiger partial charge in [-0.25, -0.2) is 4.39 Å². The van der Waals surface area contributed by atoms with Crippen LogP contribution in [-0.2, 0) is 4.79 Å². The molecule has 48 heavy (non-hydrogen) atoms. The number of halogens is 2. The summed E-state index contributed by atoms with van der Waals surface area (Å²) < 4.78 is 22.2. The molecule has 1 aliphatic carbocycles. The Kier molecular flexibility index (Phi) is 8.48. The van der Waals surface area contributed by atoms with Crippen LogP contribution in [0.5, 0.6) is 6.01 Å². The Bertz CT molecular complexity index is 1800. The number of pyridine rings is 1. The Balaban J connectivity index is 1.10. The minimum absolute atomic E-state index is 0.0461. The van der Waals surface area contributed by atoms with E-state index in [4.69, 9.17) is 19.7 Å². The Morgan fingerprint density at radius 2 is 2.06 bits per heavy atom. The fraction of sp³-hybridized carbons (Fsp3) is 0.568. The van der Waals surface area contributed by atoms with Crippen LogP contribution in [0.15, 0.2) is 30.5 Å². The molecule has 4 atom stereocenters. The van der Waals surface area contributed by atoms with Gasteiger partial charge < -0.3 is 19.9 Å². The maximum Gasteiger partial charge on any atom is 0.319 e. The molecule has 5 fully saturated rings. The monoisotopic (exact) mass is 763 g/mol. The van der Waals surface area contributed by atoms with Crippen LogP contribution in [0.2, 0.25) is 0 Å². The molecule has 0 spiro atoms. The molecule has 1 aromatic carbocycles. The molecular formula is C37H43FIN7O2. The summed E-state index contributed by atoms with van der Waals surface area (Å²) in [4.78, 5) is 34.3. The summed E-state index contributed by atoms with van der Waals surface area (Å²) in [6.45, 7) is 5.94. The van der Waals surface area contributed by atoms with Gasteiger partial charge in [-0.15, -0.1) is 0 Å². The summed E-state index contributed by atoms with van der Waals surface area (Å²) in [5.41, 5.74) is 3.58. The molecule has 2 aromatic heterocycles. The number of likely N-dealkylation sites (tertiary alicyclic amines) is 1. The maximum atomic E-state index is 14.5. The summed E-state index contributed by atoms with van der Waals surface area (Å²) in [6, 6.07) is 8.83. The fourth-order valence-corrected chi connectivity index (χ4v) is 9.29. The number of carbonyl (C=O) groups excluding carboxylic acids is 1. The van der Waals surface area contributed by atoms with Gasteiger partial charge in [-0.05, 0) is 117 Å². The second-order valence-electron chi connectivity index (χ2n) is 14.7. The van der Waals surface area contributed by atoms with Crippen LogP contribution in [0.1, 0.15) is 69.8 Å². The van der Waals surface area contributed by atoms with Crippen molar-refractivity contribution in [2.45, 2.75) is 87.5 Å². The lowest BCUT2D eigenvalue weighted by Crippen LogP contribution is -2.43. The van der Waals surface area contributed by atoms with Crippen molar-refractivity contribution in [2.24, 2.45) is 0 Å². The molecule has 4 saturated heterocycles. The molecule has 3 aromatic rings. The van der Waals surface area contributed by atoms with Crippen molar-refractivity contribution in [3.05, 3.63) is 39.6 Å². The number of fused-ring (bicyclic) bond motifs is 2. The molecular weight excluding hydrogens is 720 g/mol. The van der Waals surface area contributed by atoms with Crippen molar-refractivity contribution in [1.82, 2.24) is 30.1 Å². The molecule has 1 amide bonds. The van der Waals surface area contributed by atoms with Gasteiger partial charge in [0.05, 0.1) is 27.7 Å². The molecule has 252 valence electrons. The molecule has 4 aliphatic heterocycles. The van der Waals surface area contributed by atoms with E-state index in [1.807, 2.05) is 18.1 Å². The highest BCUT2D eigenvalue weighted by Gasteiger charge is 2.49. The van der Waals surface area contributed by atoms with Crippen molar-refractivity contribution in [3.8, 4) is 29.1 Å². The summed E-state index contributed by atoms with van der Waals surface area (Å²) in [7, 11) is 2.03. The average molecular weight is 764 g/mol. The van der Waals surface area contributed by atoms with Crippen LogP contribution in [0.3, 0.4) is 0 Å². The standard InChI is InChI=1S/C37H43FIN7O2/c1-36(12-4-15-41-36)14-10-32(47)45-17-11-26(22-45)44(2)34-28-20-40-30(27-6-3-7-29(39)33(27)24-8-9-24)18-31(28)42-35(43-34)48-23-37-13-5-16-46(37)21-25(38)19-37/h3,6-7,18,20,24-26,41H,4-5,8-9,11-13,15-17,19,21-23H2,1-2H3/t25-,26-,36-,37?/m1/s1. The third kappa shape index (κ3) is 6.13. The number of likely N-dealkylation sites (N-methyl/N-ethyl adjacent to an activating group) is 1. The summed E-state index contributed by atoms with van der Waals surface area (Å²) in [6.07, 6.45) is 8.76. The van der Waals surface area contributed by atoms with Crippen LogP contribution < -0.4 is 15.0 Å². The first kappa shape index (κ1) is 32.1. The Hall–Kier alpha value is -3.08. The van der Waals surface area contributed by atoms with Gasteiger partial charge in [0, 0.05) is 54.5 Å². The highest BCUT2D eigenvalue weighted by molar-refractivity contribution is 14.1. The van der Waals surface area contributed by atoms with E-state index in [1.165, 1.54) is 22.0 Å². The lowest BCUT2D eigenvalue weighted by molar-refractivity contribution is -0.124. The van der Waals surface area contributed by atoms with Crippen LogP contribution in [0.25, 0.3) is 22.2 Å². The third-order valence-electron chi connectivity index (χ3n) is 11.2. The van der Waals surface area contributed by atoms with E-state index in [2.05, 4.69) is 80.7 Å². The first-order chi connectivity index (χ1) is 23.2. The zero-order chi connectivity index (χ0) is 33.0. The summed E-state index contributed by atoms with van der Waals surface area (Å²) >= 11 is 2.44. The van der Waals surface area contributed by atoms with Gasteiger partial charge in [-0.3, -0.25) is 14.7 Å². The number of alkyl halides is 1. The molecule has 6 heterocycles. The van der Waals surface area contributed by atoms with Crippen LogP contribution in [-0.4, -0.2) is 100 Å². The highest BCUT2D eigenvalue weighted by atomic mass is 127. The molecule has 11 heteroatoms. The fourth-order valence-electron chi connectivity index (χ4n) is 8.35. The average Bonchev–Trinajstić information content (AvgIpc) is 3.36. The molecule has 1 saturated carbocycles. The number of rotatable bonds is 7. The van der Waals surface area contributed by atoms with Gasteiger partial charge in [-0.2, -0.15) is 9.97 Å². The van der Waals surface area contributed by atoms with Gasteiger partial charge in [0.15, 0.2) is 0 Å². The van der Waals surface area contributed by atoms with Gasteiger partial charge in [0.1, 0.15) is 18.6 Å². The van der Waals surface area contributed by atoms with E-state index < -0.39 is 6.17 Å².